The summed E-state index contributed by atoms with van der Waals surface area (Å²) in [6, 6.07) is 6.38. The Morgan fingerprint density at radius 2 is 2.22 bits per heavy atom. The maximum atomic E-state index is 6.38. The molecule has 0 radical (unpaired) electrons. The van der Waals surface area contributed by atoms with Crippen LogP contribution in [0.25, 0.3) is 5.57 Å². The number of alkyl halides is 1. The lowest BCUT2D eigenvalue weighted by Crippen LogP contribution is -2.05. The molecule has 1 aromatic carbocycles. The Morgan fingerprint density at radius 1 is 1.39 bits per heavy atom. The number of hydrogen-bond acceptors (Lipinski definition) is 1. The first kappa shape index (κ1) is 13.5. The van der Waals surface area contributed by atoms with Crippen LogP contribution in [0.1, 0.15) is 43.7 Å². The van der Waals surface area contributed by atoms with Gasteiger partial charge in [-0.25, -0.2) is 0 Å². The summed E-state index contributed by atoms with van der Waals surface area (Å²) in [7, 11) is 1.72. The van der Waals surface area contributed by atoms with E-state index in [0.29, 0.717) is 0 Å². The van der Waals surface area contributed by atoms with E-state index in [1.165, 1.54) is 16.7 Å². The van der Waals surface area contributed by atoms with Gasteiger partial charge in [-0.1, -0.05) is 25.5 Å². The van der Waals surface area contributed by atoms with E-state index in [1.807, 2.05) is 6.07 Å². The monoisotopic (exact) mass is 264 g/mol. The molecule has 0 bridgehead atoms. The molecule has 1 nitrogen and oxygen atoms in total. The van der Waals surface area contributed by atoms with Crippen molar-refractivity contribution >= 4 is 17.2 Å². The highest BCUT2D eigenvalue weighted by molar-refractivity contribution is 6.21. The standard InChI is InChI=1S/C16H21ClO/c1-3-5-14(17)10-13-7-4-6-12-8-9-15(18-2)11-16(12)13/h7-9,11,14H,3-6,10H2,1-2H3. The molecule has 2 heteroatoms. The number of allylic oxidation sites excluding steroid dienone is 2. The second-order valence-electron chi connectivity index (χ2n) is 4.88. The highest BCUT2D eigenvalue weighted by Gasteiger charge is 2.16. The van der Waals surface area contributed by atoms with Crippen molar-refractivity contribution in [3.8, 4) is 5.75 Å². The summed E-state index contributed by atoms with van der Waals surface area (Å²) >= 11 is 6.38. The molecule has 1 aliphatic rings. The Labute approximate surface area is 115 Å². The minimum absolute atomic E-state index is 0.249. The average molecular weight is 265 g/mol. The van der Waals surface area contributed by atoms with Crippen molar-refractivity contribution in [3.63, 3.8) is 0 Å². The smallest absolute Gasteiger partial charge is 0.119 e. The quantitative estimate of drug-likeness (QED) is 0.693. The third-order valence-corrected chi connectivity index (χ3v) is 3.88. The molecule has 0 aromatic heterocycles. The van der Waals surface area contributed by atoms with Crippen molar-refractivity contribution < 1.29 is 4.74 Å². The maximum absolute atomic E-state index is 6.38. The van der Waals surface area contributed by atoms with E-state index in [2.05, 4.69) is 25.1 Å². The summed E-state index contributed by atoms with van der Waals surface area (Å²) in [6.07, 6.45) is 7.79. The SMILES string of the molecule is CCCC(Cl)CC1=CCCc2ccc(OC)cc21. The van der Waals surface area contributed by atoms with Crippen LogP contribution >= 0.6 is 11.6 Å². The molecule has 98 valence electrons. The van der Waals surface area contributed by atoms with Gasteiger partial charge in [0, 0.05) is 5.38 Å². The summed E-state index contributed by atoms with van der Waals surface area (Å²) in [5.74, 6) is 0.933. The molecule has 0 N–H and O–H groups in total. The average Bonchev–Trinajstić information content (AvgIpc) is 2.39. The van der Waals surface area contributed by atoms with Crippen LogP contribution in [0, 0.1) is 0 Å². The van der Waals surface area contributed by atoms with E-state index < -0.39 is 0 Å². The highest BCUT2D eigenvalue weighted by Crippen LogP contribution is 2.33. The van der Waals surface area contributed by atoms with E-state index in [4.69, 9.17) is 16.3 Å². The second-order valence-corrected chi connectivity index (χ2v) is 5.50. The van der Waals surface area contributed by atoms with Gasteiger partial charge in [0.2, 0.25) is 0 Å². The van der Waals surface area contributed by atoms with Gasteiger partial charge in [0.15, 0.2) is 0 Å². The molecule has 0 saturated carbocycles. The zero-order valence-electron chi connectivity index (χ0n) is 11.2. The zero-order valence-corrected chi connectivity index (χ0v) is 12.0. The Morgan fingerprint density at radius 3 is 2.94 bits per heavy atom. The molecule has 18 heavy (non-hydrogen) atoms. The first-order valence-corrected chi connectivity index (χ1v) is 7.18. The molecule has 0 heterocycles. The van der Waals surface area contributed by atoms with Crippen LogP contribution in [0.2, 0.25) is 0 Å². The first-order valence-electron chi connectivity index (χ1n) is 6.75. The van der Waals surface area contributed by atoms with E-state index in [0.717, 1.165) is 37.9 Å². The third kappa shape index (κ3) is 3.08. The Kier molecular flexibility index (Phi) is 4.71. The number of methoxy groups -OCH3 is 1. The van der Waals surface area contributed by atoms with Crippen LogP contribution < -0.4 is 4.74 Å². The summed E-state index contributed by atoms with van der Waals surface area (Å²) in [6.45, 7) is 2.18. The van der Waals surface area contributed by atoms with E-state index in [9.17, 15) is 0 Å². The lowest BCUT2D eigenvalue weighted by molar-refractivity contribution is 0.414. The minimum atomic E-state index is 0.249. The fourth-order valence-electron chi connectivity index (χ4n) is 2.56. The maximum Gasteiger partial charge on any atom is 0.119 e. The Hall–Kier alpha value is -0.950. The molecule has 1 aromatic rings. The van der Waals surface area contributed by atoms with Crippen molar-refractivity contribution in [1.82, 2.24) is 0 Å². The summed E-state index contributed by atoms with van der Waals surface area (Å²) in [4.78, 5) is 0. The largest absolute Gasteiger partial charge is 0.497 e. The van der Waals surface area contributed by atoms with Crippen LogP contribution in [0.15, 0.2) is 24.3 Å². The molecule has 1 atom stereocenters. The van der Waals surface area contributed by atoms with Gasteiger partial charge in [-0.2, -0.15) is 0 Å². The van der Waals surface area contributed by atoms with Crippen LogP contribution in [0.3, 0.4) is 0 Å². The number of rotatable bonds is 5. The van der Waals surface area contributed by atoms with Crippen LogP contribution in [0.5, 0.6) is 5.75 Å². The molecule has 0 saturated heterocycles. The molecular weight excluding hydrogens is 244 g/mol. The summed E-state index contributed by atoms with van der Waals surface area (Å²) in [5.41, 5.74) is 4.15. The molecule has 0 spiro atoms. The molecule has 0 fully saturated rings. The Bertz CT molecular complexity index is 437. The fourth-order valence-corrected chi connectivity index (χ4v) is 2.94. The van der Waals surface area contributed by atoms with Gasteiger partial charge >= 0.3 is 0 Å². The lowest BCUT2D eigenvalue weighted by atomic mass is 9.88. The van der Waals surface area contributed by atoms with Crippen molar-refractivity contribution in [2.24, 2.45) is 0 Å². The molecule has 0 aliphatic heterocycles. The first-order chi connectivity index (χ1) is 8.74. The lowest BCUT2D eigenvalue weighted by Gasteiger charge is -2.20. The van der Waals surface area contributed by atoms with Gasteiger partial charge in [0.25, 0.3) is 0 Å². The van der Waals surface area contributed by atoms with Crippen LogP contribution in [-0.4, -0.2) is 12.5 Å². The Balaban J connectivity index is 2.21. The van der Waals surface area contributed by atoms with Gasteiger partial charge < -0.3 is 4.74 Å². The summed E-state index contributed by atoms with van der Waals surface area (Å²) in [5, 5.41) is 0.249. The van der Waals surface area contributed by atoms with Crippen molar-refractivity contribution in [2.75, 3.05) is 7.11 Å². The molecule has 1 unspecified atom stereocenters. The highest BCUT2D eigenvalue weighted by atomic mass is 35.5. The number of fused-ring (bicyclic) bond motifs is 1. The molecular formula is C16H21ClO. The van der Waals surface area contributed by atoms with Crippen molar-refractivity contribution in [1.29, 1.82) is 0 Å². The topological polar surface area (TPSA) is 9.23 Å². The van der Waals surface area contributed by atoms with E-state index >= 15 is 0 Å². The number of benzene rings is 1. The number of ether oxygens (including phenoxy) is 1. The van der Waals surface area contributed by atoms with Crippen LogP contribution in [-0.2, 0) is 6.42 Å². The number of halogens is 1. The summed E-state index contributed by atoms with van der Waals surface area (Å²) < 4.78 is 5.32. The minimum Gasteiger partial charge on any atom is -0.497 e. The molecule has 1 aliphatic carbocycles. The van der Waals surface area contributed by atoms with Crippen molar-refractivity contribution in [3.05, 3.63) is 35.4 Å². The molecule has 2 rings (SSSR count). The predicted octanol–water partition coefficient (Wildman–Crippen LogP) is 4.82. The normalized spacial score (nSPS) is 15.8. The van der Waals surface area contributed by atoms with Gasteiger partial charge in [-0.05, 0) is 54.5 Å². The molecule has 0 amide bonds. The fraction of sp³-hybridized carbons (Fsp3) is 0.500. The number of aryl methyl sites for hydroxylation is 1. The van der Waals surface area contributed by atoms with Crippen molar-refractivity contribution in [2.45, 2.75) is 44.4 Å². The van der Waals surface area contributed by atoms with Crippen LogP contribution in [0.4, 0.5) is 0 Å². The second kappa shape index (κ2) is 6.29. The van der Waals surface area contributed by atoms with Gasteiger partial charge in [0.05, 0.1) is 7.11 Å². The van der Waals surface area contributed by atoms with Gasteiger partial charge in [-0.3, -0.25) is 0 Å². The van der Waals surface area contributed by atoms with Gasteiger partial charge in [-0.15, -0.1) is 11.6 Å². The van der Waals surface area contributed by atoms with E-state index in [1.54, 1.807) is 7.11 Å². The zero-order chi connectivity index (χ0) is 13.0. The van der Waals surface area contributed by atoms with E-state index in [-0.39, 0.29) is 5.38 Å². The third-order valence-electron chi connectivity index (χ3n) is 3.51. The predicted molar refractivity (Wildman–Crippen MR) is 78.5 cm³/mol. The van der Waals surface area contributed by atoms with Gasteiger partial charge in [0.1, 0.15) is 5.75 Å². The number of hydrogen-bond donors (Lipinski definition) is 0.